The fourth-order valence-electron chi connectivity index (χ4n) is 1.76. The minimum Gasteiger partial charge on any atom is -0.469 e. The van der Waals surface area contributed by atoms with Crippen molar-refractivity contribution in [2.24, 2.45) is 0 Å². The van der Waals surface area contributed by atoms with Crippen molar-refractivity contribution >= 4 is 0 Å². The van der Waals surface area contributed by atoms with Crippen LogP contribution in [-0.4, -0.2) is 31.6 Å². The molecule has 3 nitrogen and oxygen atoms in total. The molecule has 0 saturated heterocycles. The van der Waals surface area contributed by atoms with Crippen molar-refractivity contribution in [1.82, 2.24) is 10.2 Å². The number of furan rings is 1. The molecule has 0 saturated carbocycles. The van der Waals surface area contributed by atoms with E-state index in [4.69, 9.17) is 4.42 Å². The van der Waals surface area contributed by atoms with E-state index in [1.165, 1.54) is 12.0 Å². The largest absolute Gasteiger partial charge is 0.469 e. The van der Waals surface area contributed by atoms with Crippen LogP contribution in [0, 0.1) is 0 Å². The Kier molecular flexibility index (Phi) is 6.19. The Bertz CT molecular complexity index is 283. The summed E-state index contributed by atoms with van der Waals surface area (Å²) < 4.78 is 5.42. The molecule has 0 aliphatic rings. The first-order chi connectivity index (χ1) is 7.77. The SMILES string of the molecule is CCCNCCN(C)Cc1ccoc1CC. The van der Waals surface area contributed by atoms with Crippen LogP contribution in [0.1, 0.15) is 31.6 Å². The summed E-state index contributed by atoms with van der Waals surface area (Å²) in [7, 11) is 2.15. The normalized spacial score (nSPS) is 11.2. The van der Waals surface area contributed by atoms with Gasteiger partial charge >= 0.3 is 0 Å². The number of hydrogen-bond donors (Lipinski definition) is 1. The Morgan fingerprint density at radius 3 is 2.81 bits per heavy atom. The molecule has 0 atom stereocenters. The molecule has 3 heteroatoms. The van der Waals surface area contributed by atoms with E-state index in [0.29, 0.717) is 0 Å². The minimum atomic E-state index is 0.976. The van der Waals surface area contributed by atoms with Crippen LogP contribution in [0.5, 0.6) is 0 Å². The molecule has 0 amide bonds. The standard InChI is InChI=1S/C13H24N2O/c1-4-7-14-8-9-15(3)11-12-6-10-16-13(12)5-2/h6,10,14H,4-5,7-9,11H2,1-3H3. The van der Waals surface area contributed by atoms with Crippen LogP contribution in [0.25, 0.3) is 0 Å². The summed E-state index contributed by atoms with van der Waals surface area (Å²) in [5.74, 6) is 1.12. The van der Waals surface area contributed by atoms with Crippen molar-refractivity contribution in [2.75, 3.05) is 26.7 Å². The Balaban J connectivity index is 2.25. The molecule has 1 N–H and O–H groups in total. The fourth-order valence-corrected chi connectivity index (χ4v) is 1.76. The summed E-state index contributed by atoms with van der Waals surface area (Å²) in [4.78, 5) is 2.33. The number of nitrogens with zero attached hydrogens (tertiary/aromatic N) is 1. The summed E-state index contributed by atoms with van der Waals surface area (Å²) in [6.45, 7) is 8.55. The summed E-state index contributed by atoms with van der Waals surface area (Å²) in [6.07, 6.45) is 3.97. The maximum absolute atomic E-state index is 5.42. The monoisotopic (exact) mass is 224 g/mol. The van der Waals surface area contributed by atoms with Crippen molar-refractivity contribution < 1.29 is 4.42 Å². The van der Waals surface area contributed by atoms with Crippen LogP contribution in [0.3, 0.4) is 0 Å². The van der Waals surface area contributed by atoms with E-state index in [1.807, 2.05) is 0 Å². The summed E-state index contributed by atoms with van der Waals surface area (Å²) >= 11 is 0. The molecule has 0 aromatic carbocycles. The Morgan fingerprint density at radius 2 is 2.12 bits per heavy atom. The van der Waals surface area contributed by atoms with Crippen molar-refractivity contribution in [3.63, 3.8) is 0 Å². The topological polar surface area (TPSA) is 28.4 Å². The maximum atomic E-state index is 5.42. The molecule has 0 aliphatic heterocycles. The van der Waals surface area contributed by atoms with Gasteiger partial charge in [0.15, 0.2) is 0 Å². The lowest BCUT2D eigenvalue weighted by atomic mass is 10.2. The summed E-state index contributed by atoms with van der Waals surface area (Å²) in [6, 6.07) is 2.08. The zero-order valence-corrected chi connectivity index (χ0v) is 10.8. The predicted molar refractivity (Wildman–Crippen MR) is 67.6 cm³/mol. The van der Waals surface area contributed by atoms with E-state index in [9.17, 15) is 0 Å². The first kappa shape index (κ1) is 13.3. The van der Waals surface area contributed by atoms with Gasteiger partial charge in [0.25, 0.3) is 0 Å². The zero-order chi connectivity index (χ0) is 11.8. The Morgan fingerprint density at radius 1 is 1.31 bits per heavy atom. The molecule has 0 bridgehead atoms. The van der Waals surface area contributed by atoms with E-state index < -0.39 is 0 Å². The quantitative estimate of drug-likeness (QED) is 0.687. The highest BCUT2D eigenvalue weighted by molar-refractivity contribution is 5.16. The highest BCUT2D eigenvalue weighted by Gasteiger charge is 2.06. The first-order valence-electron chi connectivity index (χ1n) is 6.22. The number of rotatable bonds is 8. The minimum absolute atomic E-state index is 0.976. The second-order valence-corrected chi connectivity index (χ2v) is 4.21. The van der Waals surface area contributed by atoms with Crippen LogP contribution in [-0.2, 0) is 13.0 Å². The van der Waals surface area contributed by atoms with Crippen molar-refractivity contribution in [1.29, 1.82) is 0 Å². The Labute approximate surface area is 98.8 Å². The summed E-state index contributed by atoms with van der Waals surface area (Å²) in [5.41, 5.74) is 1.32. The van der Waals surface area contributed by atoms with Gasteiger partial charge in [0.05, 0.1) is 6.26 Å². The lowest BCUT2D eigenvalue weighted by molar-refractivity contribution is 0.321. The molecule has 0 radical (unpaired) electrons. The highest BCUT2D eigenvalue weighted by Crippen LogP contribution is 2.12. The zero-order valence-electron chi connectivity index (χ0n) is 10.8. The van der Waals surface area contributed by atoms with Gasteiger partial charge in [-0.25, -0.2) is 0 Å². The maximum Gasteiger partial charge on any atom is 0.107 e. The summed E-state index contributed by atoms with van der Waals surface area (Å²) in [5, 5.41) is 3.41. The smallest absolute Gasteiger partial charge is 0.107 e. The van der Waals surface area contributed by atoms with Gasteiger partial charge in [-0.15, -0.1) is 0 Å². The lowest BCUT2D eigenvalue weighted by Gasteiger charge is -2.16. The number of likely N-dealkylation sites (N-methyl/N-ethyl adjacent to an activating group) is 1. The van der Waals surface area contributed by atoms with Gasteiger partial charge in [-0.2, -0.15) is 0 Å². The third kappa shape index (κ3) is 4.37. The van der Waals surface area contributed by atoms with Crippen molar-refractivity contribution in [2.45, 2.75) is 33.2 Å². The fraction of sp³-hybridized carbons (Fsp3) is 0.692. The van der Waals surface area contributed by atoms with Crippen molar-refractivity contribution in [3.05, 3.63) is 23.7 Å². The van der Waals surface area contributed by atoms with Crippen LogP contribution in [0.4, 0.5) is 0 Å². The average molecular weight is 224 g/mol. The number of nitrogens with one attached hydrogen (secondary N) is 1. The number of aryl methyl sites for hydroxylation is 1. The van der Waals surface area contributed by atoms with E-state index in [1.54, 1.807) is 6.26 Å². The van der Waals surface area contributed by atoms with Gasteiger partial charge < -0.3 is 14.6 Å². The molecule has 1 aromatic heterocycles. The van der Waals surface area contributed by atoms with Gasteiger partial charge in [-0.1, -0.05) is 13.8 Å². The molecule has 0 unspecified atom stereocenters. The van der Waals surface area contributed by atoms with Gasteiger partial charge in [-0.05, 0) is 26.1 Å². The molecular weight excluding hydrogens is 200 g/mol. The molecule has 1 rings (SSSR count). The molecule has 92 valence electrons. The van der Waals surface area contributed by atoms with Gasteiger partial charge in [-0.3, -0.25) is 0 Å². The highest BCUT2D eigenvalue weighted by atomic mass is 16.3. The molecule has 0 fully saturated rings. The average Bonchev–Trinajstić information content (AvgIpc) is 2.71. The molecule has 0 spiro atoms. The third-order valence-electron chi connectivity index (χ3n) is 2.70. The van der Waals surface area contributed by atoms with E-state index in [2.05, 4.69) is 37.2 Å². The van der Waals surface area contributed by atoms with Crippen LogP contribution in [0.2, 0.25) is 0 Å². The molecular formula is C13H24N2O. The first-order valence-corrected chi connectivity index (χ1v) is 6.22. The van der Waals surface area contributed by atoms with Crippen molar-refractivity contribution in [3.8, 4) is 0 Å². The van der Waals surface area contributed by atoms with E-state index >= 15 is 0 Å². The lowest BCUT2D eigenvalue weighted by Crippen LogP contribution is -2.29. The molecule has 0 aliphatic carbocycles. The van der Waals surface area contributed by atoms with Crippen LogP contribution < -0.4 is 5.32 Å². The van der Waals surface area contributed by atoms with E-state index in [-0.39, 0.29) is 0 Å². The van der Waals surface area contributed by atoms with E-state index in [0.717, 1.165) is 38.4 Å². The van der Waals surface area contributed by atoms with Gasteiger partial charge in [0, 0.05) is 31.6 Å². The van der Waals surface area contributed by atoms with Crippen LogP contribution in [0.15, 0.2) is 16.7 Å². The van der Waals surface area contributed by atoms with Crippen LogP contribution >= 0.6 is 0 Å². The molecule has 1 aromatic rings. The second-order valence-electron chi connectivity index (χ2n) is 4.21. The van der Waals surface area contributed by atoms with Gasteiger partial charge in [0.2, 0.25) is 0 Å². The second kappa shape index (κ2) is 7.47. The predicted octanol–water partition coefficient (Wildman–Crippen LogP) is 2.27. The number of hydrogen-bond acceptors (Lipinski definition) is 3. The molecule has 16 heavy (non-hydrogen) atoms. The van der Waals surface area contributed by atoms with Gasteiger partial charge in [0.1, 0.15) is 5.76 Å². The third-order valence-corrected chi connectivity index (χ3v) is 2.70. The molecule has 1 heterocycles. The Hall–Kier alpha value is -0.800.